The first-order valence-corrected chi connectivity index (χ1v) is 5.91. The average Bonchev–Trinajstić information content (AvgIpc) is 2.76. The molecule has 0 atom stereocenters. The highest BCUT2D eigenvalue weighted by molar-refractivity contribution is 14.1. The summed E-state index contributed by atoms with van der Waals surface area (Å²) in [4.78, 5) is 0. The van der Waals surface area contributed by atoms with Gasteiger partial charge in [-0.15, -0.1) is 0 Å². The van der Waals surface area contributed by atoms with E-state index in [9.17, 15) is 4.39 Å². The van der Waals surface area contributed by atoms with Crippen molar-refractivity contribution < 1.29 is 14.2 Å². The lowest BCUT2D eigenvalue weighted by Gasteiger charge is -2.10. The summed E-state index contributed by atoms with van der Waals surface area (Å²) in [6.45, 7) is -0.102. The highest BCUT2D eigenvalue weighted by Gasteiger charge is 2.13. The SMILES string of the molecule is COc1c(F)cc(I)cc1-n1cc(CO)cn1. The number of ether oxygens (including phenoxy) is 1. The van der Waals surface area contributed by atoms with E-state index in [4.69, 9.17) is 9.84 Å². The van der Waals surface area contributed by atoms with E-state index in [1.807, 2.05) is 22.6 Å². The molecule has 90 valence electrons. The van der Waals surface area contributed by atoms with Gasteiger partial charge >= 0.3 is 0 Å². The van der Waals surface area contributed by atoms with Crippen LogP contribution in [0.5, 0.6) is 5.75 Å². The van der Waals surface area contributed by atoms with Crippen molar-refractivity contribution in [3.05, 3.63) is 39.5 Å². The Morgan fingerprint density at radius 3 is 2.88 bits per heavy atom. The second kappa shape index (κ2) is 5.01. The maximum absolute atomic E-state index is 13.7. The van der Waals surface area contributed by atoms with Crippen LogP contribution in [-0.2, 0) is 6.61 Å². The van der Waals surface area contributed by atoms with Crippen LogP contribution < -0.4 is 4.74 Å². The summed E-state index contributed by atoms with van der Waals surface area (Å²) in [5.74, 6) is -0.298. The fourth-order valence-electron chi connectivity index (χ4n) is 1.49. The second-order valence-electron chi connectivity index (χ2n) is 3.39. The van der Waals surface area contributed by atoms with Crippen molar-refractivity contribution in [2.75, 3.05) is 7.11 Å². The minimum absolute atomic E-state index is 0.102. The van der Waals surface area contributed by atoms with Gasteiger partial charge in [0, 0.05) is 15.3 Å². The second-order valence-corrected chi connectivity index (χ2v) is 4.64. The molecule has 0 fully saturated rings. The van der Waals surface area contributed by atoms with Crippen molar-refractivity contribution in [1.29, 1.82) is 0 Å². The molecule has 2 rings (SSSR count). The summed E-state index contributed by atoms with van der Waals surface area (Å²) < 4.78 is 20.9. The van der Waals surface area contributed by atoms with E-state index in [0.717, 1.165) is 3.57 Å². The van der Waals surface area contributed by atoms with E-state index in [0.29, 0.717) is 11.3 Å². The molecule has 6 heteroatoms. The van der Waals surface area contributed by atoms with Crippen LogP contribution in [0.3, 0.4) is 0 Å². The van der Waals surface area contributed by atoms with Gasteiger partial charge in [-0.2, -0.15) is 5.10 Å². The third-order valence-electron chi connectivity index (χ3n) is 2.26. The van der Waals surface area contributed by atoms with E-state index in [-0.39, 0.29) is 12.4 Å². The molecule has 2 aromatic rings. The fraction of sp³-hybridized carbons (Fsp3) is 0.182. The number of methoxy groups -OCH3 is 1. The first-order valence-electron chi connectivity index (χ1n) is 4.83. The fourth-order valence-corrected chi connectivity index (χ4v) is 2.06. The van der Waals surface area contributed by atoms with Crippen LogP contribution in [0, 0.1) is 9.39 Å². The number of hydrogen-bond donors (Lipinski definition) is 1. The highest BCUT2D eigenvalue weighted by atomic mass is 127. The normalized spacial score (nSPS) is 10.6. The Morgan fingerprint density at radius 2 is 2.29 bits per heavy atom. The molecule has 0 bridgehead atoms. The monoisotopic (exact) mass is 348 g/mol. The molecule has 1 N–H and O–H groups in total. The Kier molecular flexibility index (Phi) is 3.63. The van der Waals surface area contributed by atoms with Gasteiger partial charge in [0.2, 0.25) is 0 Å². The number of aliphatic hydroxyl groups excluding tert-OH is 1. The Morgan fingerprint density at radius 1 is 1.53 bits per heavy atom. The van der Waals surface area contributed by atoms with Crippen LogP contribution in [0.4, 0.5) is 4.39 Å². The van der Waals surface area contributed by atoms with Gasteiger partial charge in [0.15, 0.2) is 11.6 Å². The van der Waals surface area contributed by atoms with Crippen molar-refractivity contribution in [3.63, 3.8) is 0 Å². The van der Waals surface area contributed by atoms with Crippen LogP contribution in [-0.4, -0.2) is 22.0 Å². The van der Waals surface area contributed by atoms with Gasteiger partial charge in [-0.1, -0.05) is 0 Å². The minimum atomic E-state index is -0.435. The van der Waals surface area contributed by atoms with Crippen LogP contribution in [0.25, 0.3) is 5.69 Å². The van der Waals surface area contributed by atoms with E-state index < -0.39 is 5.82 Å². The van der Waals surface area contributed by atoms with E-state index in [1.165, 1.54) is 24.1 Å². The van der Waals surface area contributed by atoms with Crippen LogP contribution in [0.15, 0.2) is 24.5 Å². The molecular weight excluding hydrogens is 338 g/mol. The maximum Gasteiger partial charge on any atom is 0.180 e. The molecule has 0 saturated carbocycles. The molecular formula is C11H10FIN2O2. The van der Waals surface area contributed by atoms with E-state index in [1.54, 1.807) is 12.3 Å². The number of benzene rings is 1. The third-order valence-corrected chi connectivity index (χ3v) is 2.88. The van der Waals surface area contributed by atoms with Crippen molar-refractivity contribution in [2.24, 2.45) is 0 Å². The minimum Gasteiger partial charge on any atom is -0.492 e. The number of nitrogens with zero attached hydrogens (tertiary/aromatic N) is 2. The Hall–Kier alpha value is -1.15. The first kappa shape index (κ1) is 12.3. The van der Waals surface area contributed by atoms with Crippen LogP contribution >= 0.6 is 22.6 Å². The highest BCUT2D eigenvalue weighted by Crippen LogP contribution is 2.28. The summed E-state index contributed by atoms with van der Waals surface area (Å²) in [5.41, 5.74) is 1.17. The lowest BCUT2D eigenvalue weighted by atomic mass is 10.3. The molecule has 0 amide bonds. The largest absolute Gasteiger partial charge is 0.492 e. The zero-order valence-corrected chi connectivity index (χ0v) is 11.2. The number of aromatic nitrogens is 2. The smallest absolute Gasteiger partial charge is 0.180 e. The summed E-state index contributed by atoms with van der Waals surface area (Å²) >= 11 is 2.02. The van der Waals surface area contributed by atoms with Gasteiger partial charge in [0.05, 0.1) is 19.9 Å². The Balaban J connectivity index is 2.57. The average molecular weight is 348 g/mol. The zero-order chi connectivity index (χ0) is 12.4. The van der Waals surface area contributed by atoms with E-state index in [2.05, 4.69) is 5.10 Å². The molecule has 0 aliphatic heterocycles. The van der Waals surface area contributed by atoms with Gasteiger partial charge < -0.3 is 9.84 Å². The summed E-state index contributed by atoms with van der Waals surface area (Å²) in [5, 5.41) is 13.0. The van der Waals surface area contributed by atoms with Gasteiger partial charge in [-0.3, -0.25) is 0 Å². The Labute approximate surface area is 111 Å². The van der Waals surface area contributed by atoms with E-state index >= 15 is 0 Å². The molecule has 0 unspecified atom stereocenters. The third kappa shape index (κ3) is 2.42. The van der Waals surface area contributed by atoms with Crippen molar-refractivity contribution >= 4 is 22.6 Å². The molecule has 0 aliphatic rings. The van der Waals surface area contributed by atoms with Crippen LogP contribution in [0.2, 0.25) is 0 Å². The zero-order valence-electron chi connectivity index (χ0n) is 9.02. The molecule has 4 nitrogen and oxygen atoms in total. The van der Waals surface area contributed by atoms with Gasteiger partial charge in [-0.05, 0) is 34.7 Å². The number of hydrogen-bond acceptors (Lipinski definition) is 3. The first-order chi connectivity index (χ1) is 8.15. The molecule has 1 heterocycles. The summed E-state index contributed by atoms with van der Waals surface area (Å²) in [7, 11) is 1.41. The number of rotatable bonds is 3. The summed E-state index contributed by atoms with van der Waals surface area (Å²) in [6.07, 6.45) is 3.16. The molecule has 17 heavy (non-hydrogen) atoms. The molecule has 0 radical (unpaired) electrons. The molecule has 0 spiro atoms. The van der Waals surface area contributed by atoms with Crippen molar-refractivity contribution in [2.45, 2.75) is 6.61 Å². The standard InChI is InChI=1S/C11H10FIN2O2/c1-17-11-9(12)2-8(13)3-10(11)15-5-7(6-16)4-14-15/h2-5,16H,6H2,1H3. The van der Waals surface area contributed by atoms with Gasteiger partial charge in [0.25, 0.3) is 0 Å². The predicted molar refractivity (Wildman–Crippen MR) is 68.7 cm³/mol. The molecule has 1 aromatic heterocycles. The summed E-state index contributed by atoms with van der Waals surface area (Å²) in [6, 6.07) is 3.15. The Bertz CT molecular complexity index is 542. The lowest BCUT2D eigenvalue weighted by Crippen LogP contribution is -2.01. The number of aliphatic hydroxyl groups is 1. The van der Waals surface area contributed by atoms with Crippen LogP contribution in [0.1, 0.15) is 5.56 Å². The predicted octanol–water partition coefficient (Wildman–Crippen LogP) is 2.12. The maximum atomic E-state index is 13.7. The lowest BCUT2D eigenvalue weighted by molar-refractivity contribution is 0.282. The number of halogens is 2. The van der Waals surface area contributed by atoms with Gasteiger partial charge in [-0.25, -0.2) is 9.07 Å². The van der Waals surface area contributed by atoms with Crippen molar-refractivity contribution in [3.8, 4) is 11.4 Å². The van der Waals surface area contributed by atoms with Gasteiger partial charge in [0.1, 0.15) is 5.69 Å². The molecule has 0 aliphatic carbocycles. The topological polar surface area (TPSA) is 47.3 Å². The molecule has 0 saturated heterocycles. The molecule has 1 aromatic carbocycles. The van der Waals surface area contributed by atoms with Crippen molar-refractivity contribution in [1.82, 2.24) is 9.78 Å². The quantitative estimate of drug-likeness (QED) is 0.865.